The van der Waals surface area contributed by atoms with Gasteiger partial charge in [-0.1, -0.05) is 24.3 Å². The molecule has 0 amide bonds. The Labute approximate surface area is 146 Å². The third-order valence-corrected chi connectivity index (χ3v) is 3.10. The predicted octanol–water partition coefficient (Wildman–Crippen LogP) is 2.87. The lowest BCUT2D eigenvalue weighted by Gasteiger charge is -1.98. The molecule has 6 heteroatoms. The number of esters is 1. The molecule has 6 nitrogen and oxygen atoms in total. The average molecular weight is 345 g/mol. The largest absolute Gasteiger partial charge is 0.508 e. The average Bonchev–Trinajstić information content (AvgIpc) is 2.59. The van der Waals surface area contributed by atoms with Crippen LogP contribution < -0.4 is 5.73 Å². The summed E-state index contributed by atoms with van der Waals surface area (Å²) < 4.78 is 4.36. The number of phenolic OH excluding ortho intramolecular Hbond substituents is 3. The van der Waals surface area contributed by atoms with Crippen molar-refractivity contribution in [3.63, 3.8) is 0 Å². The monoisotopic (exact) mass is 345 g/mol. The van der Waals surface area contributed by atoms with Crippen LogP contribution in [0, 0.1) is 0 Å². The van der Waals surface area contributed by atoms with E-state index in [1.54, 1.807) is 42.5 Å². The van der Waals surface area contributed by atoms with Crippen molar-refractivity contribution >= 4 is 18.1 Å². The topological polar surface area (TPSA) is 113 Å². The number of benzene rings is 2. The molecule has 2 rings (SSSR count). The van der Waals surface area contributed by atoms with Gasteiger partial charge in [0.05, 0.1) is 7.11 Å². The van der Waals surface area contributed by atoms with Crippen molar-refractivity contribution in [2.75, 3.05) is 13.7 Å². The number of ether oxygens (including phenoxy) is 1. The molecule has 0 aliphatic heterocycles. The zero-order valence-electron chi connectivity index (χ0n) is 14.1. The normalized spacial score (nSPS) is 10.2. The highest BCUT2D eigenvalue weighted by Gasteiger charge is 1.96. The summed E-state index contributed by atoms with van der Waals surface area (Å²) in [5.41, 5.74) is 6.75. The molecule has 0 fully saturated rings. The summed E-state index contributed by atoms with van der Waals surface area (Å²) in [6.45, 7) is 0.551. The SMILES string of the molecule is COC(=O)CCCN.Oc1ccc(C=Cc2cc(O)cc(O)c2)cc1. The highest BCUT2D eigenvalue weighted by atomic mass is 16.5. The fourth-order valence-electron chi connectivity index (χ4n) is 1.84. The lowest BCUT2D eigenvalue weighted by Crippen LogP contribution is -2.05. The Hall–Kier alpha value is -2.99. The lowest BCUT2D eigenvalue weighted by atomic mass is 10.1. The van der Waals surface area contributed by atoms with Gasteiger partial charge in [-0.2, -0.15) is 0 Å². The molecule has 0 atom stereocenters. The second kappa shape index (κ2) is 10.7. The van der Waals surface area contributed by atoms with Crippen molar-refractivity contribution in [3.05, 3.63) is 53.6 Å². The first-order valence-electron chi connectivity index (χ1n) is 7.71. The molecule has 0 spiro atoms. The summed E-state index contributed by atoms with van der Waals surface area (Å²) in [6, 6.07) is 11.1. The summed E-state index contributed by atoms with van der Waals surface area (Å²) in [5.74, 6) is 0.0818. The molecule has 0 unspecified atom stereocenters. The minimum absolute atomic E-state index is 0.0235. The molecule has 0 saturated carbocycles. The van der Waals surface area contributed by atoms with Crippen molar-refractivity contribution in [1.82, 2.24) is 0 Å². The van der Waals surface area contributed by atoms with Crippen LogP contribution in [0.4, 0.5) is 0 Å². The highest BCUT2D eigenvalue weighted by molar-refractivity contribution is 5.71. The zero-order chi connectivity index (χ0) is 18.7. The van der Waals surface area contributed by atoms with Gasteiger partial charge in [0.15, 0.2) is 0 Å². The smallest absolute Gasteiger partial charge is 0.305 e. The van der Waals surface area contributed by atoms with Crippen molar-refractivity contribution in [2.24, 2.45) is 5.73 Å². The van der Waals surface area contributed by atoms with E-state index in [9.17, 15) is 15.0 Å². The van der Waals surface area contributed by atoms with Crippen LogP contribution in [-0.2, 0) is 9.53 Å². The Balaban J connectivity index is 0.000000333. The van der Waals surface area contributed by atoms with Gasteiger partial charge in [0, 0.05) is 12.5 Å². The second-order valence-corrected chi connectivity index (χ2v) is 5.18. The van der Waals surface area contributed by atoms with E-state index in [4.69, 9.17) is 10.8 Å². The molecule has 5 N–H and O–H groups in total. The van der Waals surface area contributed by atoms with Gasteiger partial charge in [0.25, 0.3) is 0 Å². The van der Waals surface area contributed by atoms with Crippen LogP contribution in [0.1, 0.15) is 24.0 Å². The quantitative estimate of drug-likeness (QED) is 0.489. The number of carbonyl (C=O) groups is 1. The van der Waals surface area contributed by atoms with E-state index >= 15 is 0 Å². The van der Waals surface area contributed by atoms with Gasteiger partial charge in [-0.3, -0.25) is 4.79 Å². The zero-order valence-corrected chi connectivity index (χ0v) is 14.1. The number of methoxy groups -OCH3 is 1. The fraction of sp³-hybridized carbons (Fsp3) is 0.211. The van der Waals surface area contributed by atoms with Gasteiger partial charge in [-0.15, -0.1) is 0 Å². The van der Waals surface area contributed by atoms with Crippen LogP contribution >= 0.6 is 0 Å². The van der Waals surface area contributed by atoms with Crippen molar-refractivity contribution in [3.8, 4) is 17.2 Å². The van der Waals surface area contributed by atoms with E-state index in [0.717, 1.165) is 5.56 Å². The van der Waals surface area contributed by atoms with E-state index < -0.39 is 0 Å². The van der Waals surface area contributed by atoms with Gasteiger partial charge >= 0.3 is 5.97 Å². The number of rotatable bonds is 5. The van der Waals surface area contributed by atoms with Crippen molar-refractivity contribution < 1.29 is 24.9 Å². The number of hydrogen-bond donors (Lipinski definition) is 4. The van der Waals surface area contributed by atoms with Crippen molar-refractivity contribution in [1.29, 1.82) is 0 Å². The molecule has 0 aromatic heterocycles. The van der Waals surface area contributed by atoms with E-state index in [2.05, 4.69) is 4.74 Å². The Kier molecular flexibility index (Phi) is 8.60. The molecule has 0 heterocycles. The van der Waals surface area contributed by atoms with Gasteiger partial charge in [0.1, 0.15) is 17.2 Å². The first kappa shape index (κ1) is 20.1. The molecule has 2 aromatic carbocycles. The molecular weight excluding hydrogens is 322 g/mol. The summed E-state index contributed by atoms with van der Waals surface area (Å²) in [7, 11) is 1.37. The summed E-state index contributed by atoms with van der Waals surface area (Å²) in [6.07, 6.45) is 4.75. The van der Waals surface area contributed by atoms with Gasteiger partial charge in [-0.05, 0) is 48.4 Å². The molecule has 0 bridgehead atoms. The Morgan fingerprint density at radius 3 is 2.04 bits per heavy atom. The number of aromatic hydroxyl groups is 3. The molecule has 2 aromatic rings. The first-order valence-corrected chi connectivity index (χ1v) is 7.71. The Morgan fingerprint density at radius 2 is 1.52 bits per heavy atom. The van der Waals surface area contributed by atoms with Crippen LogP contribution in [-0.4, -0.2) is 34.9 Å². The van der Waals surface area contributed by atoms with E-state index in [1.165, 1.54) is 13.2 Å². The summed E-state index contributed by atoms with van der Waals surface area (Å²) in [5, 5.41) is 27.7. The number of hydrogen-bond acceptors (Lipinski definition) is 6. The maximum atomic E-state index is 10.3. The predicted molar refractivity (Wildman–Crippen MR) is 97.1 cm³/mol. The number of nitrogens with two attached hydrogens (primary N) is 1. The highest BCUT2D eigenvalue weighted by Crippen LogP contribution is 2.22. The summed E-state index contributed by atoms with van der Waals surface area (Å²) >= 11 is 0. The minimum Gasteiger partial charge on any atom is -0.508 e. The number of carbonyl (C=O) groups excluding carboxylic acids is 1. The van der Waals surface area contributed by atoms with Crippen LogP contribution in [0.25, 0.3) is 12.2 Å². The van der Waals surface area contributed by atoms with Crippen LogP contribution in [0.5, 0.6) is 17.2 Å². The van der Waals surface area contributed by atoms with Crippen LogP contribution in [0.15, 0.2) is 42.5 Å². The fourth-order valence-corrected chi connectivity index (χ4v) is 1.84. The van der Waals surface area contributed by atoms with Gasteiger partial charge < -0.3 is 25.8 Å². The molecule has 0 saturated heterocycles. The van der Waals surface area contributed by atoms with Crippen LogP contribution in [0.3, 0.4) is 0 Å². The Bertz CT molecular complexity index is 675. The third-order valence-electron chi connectivity index (χ3n) is 3.10. The molecule has 0 radical (unpaired) electrons. The molecule has 0 aliphatic rings. The summed E-state index contributed by atoms with van der Waals surface area (Å²) in [4.78, 5) is 10.3. The maximum absolute atomic E-state index is 10.3. The molecule has 25 heavy (non-hydrogen) atoms. The first-order chi connectivity index (χ1) is 11.9. The minimum atomic E-state index is -0.185. The van der Waals surface area contributed by atoms with Crippen molar-refractivity contribution in [2.45, 2.75) is 12.8 Å². The van der Waals surface area contributed by atoms with Gasteiger partial charge in [-0.25, -0.2) is 0 Å². The van der Waals surface area contributed by atoms with Crippen LogP contribution in [0.2, 0.25) is 0 Å². The van der Waals surface area contributed by atoms with Gasteiger partial charge in [0.2, 0.25) is 0 Å². The van der Waals surface area contributed by atoms with E-state index in [-0.39, 0.29) is 23.2 Å². The third kappa shape index (κ3) is 8.43. The second-order valence-electron chi connectivity index (χ2n) is 5.18. The Morgan fingerprint density at radius 1 is 0.960 bits per heavy atom. The lowest BCUT2D eigenvalue weighted by molar-refractivity contribution is -0.140. The number of phenols is 3. The molecular formula is C19H23NO5. The van der Waals surface area contributed by atoms with E-state index in [1.807, 2.05) is 6.08 Å². The molecule has 134 valence electrons. The van der Waals surface area contributed by atoms with E-state index in [0.29, 0.717) is 24.9 Å². The molecule has 0 aliphatic carbocycles. The maximum Gasteiger partial charge on any atom is 0.305 e. The standard InChI is InChI=1S/C14H12O3.C5H11NO2/c15-12-5-3-10(4-6-12)1-2-11-7-13(16)9-14(17)8-11;1-8-5(7)3-2-4-6/h1-9,15-17H;2-4,6H2,1H3.